The predicted molar refractivity (Wildman–Crippen MR) is 84.9 cm³/mol. The van der Waals surface area contributed by atoms with Crippen molar-refractivity contribution in [3.8, 4) is 6.07 Å². The van der Waals surface area contributed by atoms with E-state index < -0.39 is 5.91 Å². The van der Waals surface area contributed by atoms with Gasteiger partial charge in [0.05, 0.1) is 0 Å². The van der Waals surface area contributed by atoms with E-state index in [9.17, 15) is 4.79 Å². The fourth-order valence-corrected chi connectivity index (χ4v) is 1.97. The highest BCUT2D eigenvalue weighted by Gasteiger charge is 2.11. The van der Waals surface area contributed by atoms with Crippen LogP contribution in [-0.2, 0) is 4.79 Å². The van der Waals surface area contributed by atoms with Gasteiger partial charge in [-0.25, -0.2) is 0 Å². The third-order valence-electron chi connectivity index (χ3n) is 2.99. The molecular weight excluding hydrogens is 284 g/mol. The summed E-state index contributed by atoms with van der Waals surface area (Å²) in [7, 11) is 0. The van der Waals surface area contributed by atoms with Crippen molar-refractivity contribution >= 4 is 29.3 Å². The SMILES string of the molecule is Cc1c(Cl)cccc1NC(=O)/C(C#N)=C/c1ccccc1. The molecule has 0 heterocycles. The highest BCUT2D eigenvalue weighted by Crippen LogP contribution is 2.23. The molecule has 0 aromatic heterocycles. The first-order valence-corrected chi connectivity index (χ1v) is 6.73. The number of hydrogen-bond donors (Lipinski definition) is 1. The Hall–Kier alpha value is -2.57. The van der Waals surface area contributed by atoms with E-state index >= 15 is 0 Å². The van der Waals surface area contributed by atoms with Crippen LogP contribution >= 0.6 is 11.6 Å². The van der Waals surface area contributed by atoms with E-state index in [-0.39, 0.29) is 5.57 Å². The van der Waals surface area contributed by atoms with Crippen LogP contribution < -0.4 is 5.32 Å². The highest BCUT2D eigenvalue weighted by molar-refractivity contribution is 6.31. The molecule has 0 bridgehead atoms. The molecule has 0 saturated carbocycles. The van der Waals surface area contributed by atoms with E-state index in [2.05, 4.69) is 5.32 Å². The molecule has 104 valence electrons. The molecule has 2 aromatic carbocycles. The first kappa shape index (κ1) is 14.8. The molecule has 0 spiro atoms. The number of benzene rings is 2. The zero-order chi connectivity index (χ0) is 15.2. The molecule has 0 radical (unpaired) electrons. The molecule has 0 aliphatic carbocycles. The summed E-state index contributed by atoms with van der Waals surface area (Å²) in [6, 6.07) is 16.4. The average Bonchev–Trinajstić information content (AvgIpc) is 2.50. The number of carbonyl (C=O) groups is 1. The average molecular weight is 297 g/mol. The maximum Gasteiger partial charge on any atom is 0.266 e. The van der Waals surface area contributed by atoms with E-state index in [0.29, 0.717) is 10.7 Å². The molecule has 1 N–H and O–H groups in total. The Labute approximate surface area is 128 Å². The number of rotatable bonds is 3. The third-order valence-corrected chi connectivity index (χ3v) is 3.40. The van der Waals surface area contributed by atoms with Gasteiger partial charge in [-0.1, -0.05) is 48.0 Å². The van der Waals surface area contributed by atoms with Crippen LogP contribution in [0.5, 0.6) is 0 Å². The standard InChI is InChI=1S/C17H13ClN2O/c1-12-15(18)8-5-9-16(12)20-17(21)14(11-19)10-13-6-3-2-4-7-13/h2-10H,1H3,(H,20,21)/b14-10+. The normalized spacial score (nSPS) is 10.8. The lowest BCUT2D eigenvalue weighted by atomic mass is 10.1. The van der Waals surface area contributed by atoms with Crippen molar-refractivity contribution in [1.29, 1.82) is 5.26 Å². The summed E-state index contributed by atoms with van der Waals surface area (Å²) in [5, 5.41) is 12.4. The molecule has 0 aliphatic heterocycles. The fourth-order valence-electron chi connectivity index (χ4n) is 1.80. The van der Waals surface area contributed by atoms with Crippen molar-refractivity contribution in [2.75, 3.05) is 5.32 Å². The van der Waals surface area contributed by atoms with Crippen LogP contribution in [0.2, 0.25) is 5.02 Å². The minimum atomic E-state index is -0.452. The zero-order valence-corrected chi connectivity index (χ0v) is 12.2. The van der Waals surface area contributed by atoms with Crippen molar-refractivity contribution in [2.24, 2.45) is 0 Å². The molecule has 0 saturated heterocycles. The van der Waals surface area contributed by atoms with Gasteiger partial charge in [-0.15, -0.1) is 0 Å². The maximum absolute atomic E-state index is 12.2. The summed E-state index contributed by atoms with van der Waals surface area (Å²) in [5.74, 6) is -0.452. The second-order valence-electron chi connectivity index (χ2n) is 4.45. The van der Waals surface area contributed by atoms with Gasteiger partial charge in [0.1, 0.15) is 11.6 Å². The Bertz CT molecular complexity index is 730. The first-order chi connectivity index (χ1) is 10.1. The molecule has 0 aliphatic rings. The van der Waals surface area contributed by atoms with Crippen LogP contribution in [0, 0.1) is 18.3 Å². The number of nitrogens with one attached hydrogen (secondary N) is 1. The Morgan fingerprint density at radius 3 is 2.57 bits per heavy atom. The van der Waals surface area contributed by atoms with Gasteiger partial charge in [0.25, 0.3) is 5.91 Å². The van der Waals surface area contributed by atoms with Gasteiger partial charge in [0, 0.05) is 10.7 Å². The van der Waals surface area contributed by atoms with Crippen molar-refractivity contribution in [3.63, 3.8) is 0 Å². The van der Waals surface area contributed by atoms with Gasteiger partial charge in [0.15, 0.2) is 0 Å². The second-order valence-corrected chi connectivity index (χ2v) is 4.85. The number of nitrogens with zero attached hydrogens (tertiary/aromatic N) is 1. The van der Waals surface area contributed by atoms with Crippen molar-refractivity contribution < 1.29 is 4.79 Å². The van der Waals surface area contributed by atoms with Crippen LogP contribution in [0.25, 0.3) is 6.08 Å². The number of amides is 1. The first-order valence-electron chi connectivity index (χ1n) is 6.35. The zero-order valence-electron chi connectivity index (χ0n) is 11.4. The number of anilines is 1. The summed E-state index contributed by atoms with van der Waals surface area (Å²) in [6.07, 6.45) is 1.55. The summed E-state index contributed by atoms with van der Waals surface area (Å²) in [4.78, 5) is 12.2. The topological polar surface area (TPSA) is 52.9 Å². The molecule has 1 amide bonds. The third kappa shape index (κ3) is 3.71. The summed E-state index contributed by atoms with van der Waals surface area (Å²) in [6.45, 7) is 1.81. The lowest BCUT2D eigenvalue weighted by Crippen LogP contribution is -2.14. The minimum absolute atomic E-state index is 0.0422. The number of halogens is 1. The van der Waals surface area contributed by atoms with Gasteiger partial charge in [-0.05, 0) is 36.3 Å². The lowest BCUT2D eigenvalue weighted by Gasteiger charge is -2.08. The Morgan fingerprint density at radius 2 is 1.90 bits per heavy atom. The van der Waals surface area contributed by atoms with Crippen LogP contribution in [0.1, 0.15) is 11.1 Å². The van der Waals surface area contributed by atoms with E-state index in [0.717, 1.165) is 11.1 Å². The van der Waals surface area contributed by atoms with Crippen LogP contribution in [0.3, 0.4) is 0 Å². The number of carbonyl (C=O) groups excluding carboxylic acids is 1. The van der Waals surface area contributed by atoms with Gasteiger partial charge in [0.2, 0.25) is 0 Å². The van der Waals surface area contributed by atoms with Crippen LogP contribution in [0.4, 0.5) is 5.69 Å². The molecular formula is C17H13ClN2O. The van der Waals surface area contributed by atoms with Crippen molar-refractivity contribution in [3.05, 3.63) is 70.3 Å². The molecule has 3 nitrogen and oxygen atoms in total. The summed E-state index contributed by atoms with van der Waals surface area (Å²) >= 11 is 6.01. The smallest absolute Gasteiger partial charge is 0.266 e. The van der Waals surface area contributed by atoms with Gasteiger partial charge in [-0.2, -0.15) is 5.26 Å². The predicted octanol–water partition coefficient (Wildman–Crippen LogP) is 4.19. The monoisotopic (exact) mass is 296 g/mol. The van der Waals surface area contributed by atoms with Crippen molar-refractivity contribution in [1.82, 2.24) is 0 Å². The Morgan fingerprint density at radius 1 is 1.19 bits per heavy atom. The van der Waals surface area contributed by atoms with Gasteiger partial charge < -0.3 is 5.32 Å². The Balaban J connectivity index is 2.24. The molecule has 0 unspecified atom stereocenters. The Kier molecular flexibility index (Phi) is 4.76. The van der Waals surface area contributed by atoms with Crippen molar-refractivity contribution in [2.45, 2.75) is 6.92 Å². The molecule has 2 rings (SSSR count). The summed E-state index contributed by atoms with van der Waals surface area (Å²) in [5.41, 5.74) is 2.21. The van der Waals surface area contributed by atoms with Crippen LogP contribution in [0.15, 0.2) is 54.1 Å². The maximum atomic E-state index is 12.2. The largest absolute Gasteiger partial charge is 0.321 e. The number of hydrogen-bond acceptors (Lipinski definition) is 2. The van der Waals surface area contributed by atoms with E-state index in [4.69, 9.17) is 16.9 Å². The van der Waals surface area contributed by atoms with E-state index in [1.165, 1.54) is 0 Å². The fraction of sp³-hybridized carbons (Fsp3) is 0.0588. The minimum Gasteiger partial charge on any atom is -0.321 e. The van der Waals surface area contributed by atoms with E-state index in [1.807, 2.05) is 43.3 Å². The summed E-state index contributed by atoms with van der Waals surface area (Å²) < 4.78 is 0. The molecule has 0 atom stereocenters. The quantitative estimate of drug-likeness (QED) is 0.682. The van der Waals surface area contributed by atoms with Gasteiger partial charge >= 0.3 is 0 Å². The van der Waals surface area contributed by atoms with Crippen LogP contribution in [-0.4, -0.2) is 5.91 Å². The number of nitriles is 1. The van der Waals surface area contributed by atoms with Gasteiger partial charge in [-0.3, -0.25) is 4.79 Å². The molecule has 0 fully saturated rings. The lowest BCUT2D eigenvalue weighted by molar-refractivity contribution is -0.112. The second kappa shape index (κ2) is 6.74. The molecule has 21 heavy (non-hydrogen) atoms. The highest BCUT2D eigenvalue weighted by atomic mass is 35.5. The molecule has 4 heteroatoms. The van der Waals surface area contributed by atoms with E-state index in [1.54, 1.807) is 24.3 Å². The molecule has 2 aromatic rings.